The number of esters is 2. The summed E-state index contributed by atoms with van der Waals surface area (Å²) in [5.74, 6) is -2.02. The highest BCUT2D eigenvalue weighted by molar-refractivity contribution is 7.85. The number of aliphatic hydroxyl groups excluding tert-OH is 3. The van der Waals surface area contributed by atoms with Crippen LogP contribution in [0.25, 0.3) is 0 Å². The zero-order valence-electron chi connectivity index (χ0n) is 37.1. The molecule has 1 rings (SSSR count). The highest BCUT2D eigenvalue weighted by atomic mass is 32.2. The Balaban J connectivity index is 2.46. The van der Waals surface area contributed by atoms with Crippen molar-refractivity contribution in [2.75, 3.05) is 19.0 Å². The van der Waals surface area contributed by atoms with Crippen molar-refractivity contribution < 1.29 is 56.8 Å². The largest absolute Gasteiger partial charge is 0.462 e. The lowest BCUT2D eigenvalue weighted by Crippen LogP contribution is -2.60. The van der Waals surface area contributed by atoms with Crippen LogP contribution in [0.5, 0.6) is 0 Å². The first-order valence-corrected chi connectivity index (χ1v) is 24.8. The van der Waals surface area contributed by atoms with Crippen LogP contribution in [-0.2, 0) is 38.7 Å². The van der Waals surface area contributed by atoms with Gasteiger partial charge in [-0.3, -0.25) is 14.1 Å². The van der Waals surface area contributed by atoms with Crippen LogP contribution in [0.15, 0.2) is 48.6 Å². The van der Waals surface area contributed by atoms with Crippen LogP contribution in [0.2, 0.25) is 0 Å². The van der Waals surface area contributed by atoms with Gasteiger partial charge in [0.05, 0.1) is 6.61 Å². The molecular formula is C47H82O12S. The minimum absolute atomic E-state index is 0.137. The summed E-state index contributed by atoms with van der Waals surface area (Å²) in [4.78, 5) is 25.4. The molecule has 0 radical (unpaired) electrons. The minimum atomic E-state index is -4.61. The summed E-state index contributed by atoms with van der Waals surface area (Å²) in [6, 6.07) is 0. The number of carbonyl (C=O) groups is 2. The molecule has 0 bridgehead atoms. The SMILES string of the molecule is CCCCC/C=C/C/C=C/C/C=C/CCCCCCC(=O)O[C@H](COC(=O)CCCCCCCCC/C=C/CCCCCC)CO[C@H]1O[C@H](CS(=O)(=O)O)[C@@H](O)C(O)C1O. The molecular weight excluding hydrogens is 789 g/mol. The van der Waals surface area contributed by atoms with E-state index in [1.165, 1.54) is 70.6 Å². The number of carbonyl (C=O) groups excluding carboxylic acids is 2. The number of allylic oxidation sites excluding steroid dienone is 8. The average molecular weight is 871 g/mol. The van der Waals surface area contributed by atoms with E-state index in [0.717, 1.165) is 70.6 Å². The van der Waals surface area contributed by atoms with Gasteiger partial charge in [-0.15, -0.1) is 0 Å². The number of hydrogen-bond donors (Lipinski definition) is 4. The van der Waals surface area contributed by atoms with Gasteiger partial charge in [-0.25, -0.2) is 0 Å². The second kappa shape index (κ2) is 37.2. The first kappa shape index (κ1) is 55.6. The van der Waals surface area contributed by atoms with Crippen molar-refractivity contribution in [3.63, 3.8) is 0 Å². The molecule has 0 aromatic heterocycles. The number of hydrogen-bond acceptors (Lipinski definition) is 11. The summed E-state index contributed by atoms with van der Waals surface area (Å²) in [5, 5.41) is 30.9. The number of ether oxygens (including phenoxy) is 4. The van der Waals surface area contributed by atoms with Gasteiger partial charge in [0, 0.05) is 12.8 Å². The van der Waals surface area contributed by atoms with E-state index >= 15 is 0 Å². The highest BCUT2D eigenvalue weighted by Gasteiger charge is 2.46. The van der Waals surface area contributed by atoms with E-state index in [9.17, 15) is 37.9 Å². The molecule has 0 aliphatic carbocycles. The van der Waals surface area contributed by atoms with Gasteiger partial charge in [0.15, 0.2) is 12.4 Å². The lowest BCUT2D eigenvalue weighted by molar-refractivity contribution is -0.297. The van der Waals surface area contributed by atoms with Crippen LogP contribution in [-0.4, -0.2) is 96.0 Å². The van der Waals surface area contributed by atoms with Gasteiger partial charge in [0.2, 0.25) is 0 Å². The zero-order valence-corrected chi connectivity index (χ0v) is 37.9. The van der Waals surface area contributed by atoms with E-state index in [0.29, 0.717) is 12.8 Å². The predicted molar refractivity (Wildman–Crippen MR) is 238 cm³/mol. The van der Waals surface area contributed by atoms with Gasteiger partial charge < -0.3 is 34.3 Å². The molecule has 1 saturated heterocycles. The first-order chi connectivity index (χ1) is 29.0. The standard InChI is InChI=1S/C47H82O12S/c1-3-5-7-9-11-13-15-17-19-20-22-24-26-28-30-32-34-36-43(49)58-40(38-57-47-46(52)45(51)44(50)41(59-47)39-60(53,54)55)37-56-42(48)35-33-31-29-27-25-23-21-18-16-14-12-10-8-6-4-2/h11,13-14,16-17,19,22,24,40-41,44-47,50-52H,3-10,12,15,18,20-21,23,25-39H2,1-2H3,(H,53,54,55)/b13-11+,16-14+,19-17+,24-22+/t40-,41-,44-,45?,46?,47+/m1/s1. The molecule has 1 aliphatic rings. The minimum Gasteiger partial charge on any atom is -0.462 e. The summed E-state index contributed by atoms with van der Waals surface area (Å²) >= 11 is 0. The van der Waals surface area contributed by atoms with E-state index < -0.39 is 71.2 Å². The molecule has 13 heteroatoms. The van der Waals surface area contributed by atoms with Crippen molar-refractivity contribution in [1.29, 1.82) is 0 Å². The lowest BCUT2D eigenvalue weighted by atomic mass is 10.00. The molecule has 0 saturated carbocycles. The van der Waals surface area contributed by atoms with Gasteiger partial charge in [0.25, 0.3) is 10.1 Å². The van der Waals surface area contributed by atoms with E-state index in [1.54, 1.807) is 0 Å². The predicted octanol–water partition coefficient (Wildman–Crippen LogP) is 9.56. The number of unbranched alkanes of at least 4 members (excludes halogenated alkanes) is 18. The monoisotopic (exact) mass is 871 g/mol. The Morgan fingerprint density at radius 2 is 1.00 bits per heavy atom. The summed E-state index contributed by atoms with van der Waals surface area (Å²) in [7, 11) is -4.61. The summed E-state index contributed by atoms with van der Waals surface area (Å²) < 4.78 is 54.1. The second-order valence-corrected chi connectivity index (χ2v) is 17.6. The third kappa shape index (κ3) is 31.5. The molecule has 1 heterocycles. The zero-order chi connectivity index (χ0) is 44.1. The van der Waals surface area contributed by atoms with Gasteiger partial charge in [-0.05, 0) is 77.0 Å². The maximum Gasteiger partial charge on any atom is 0.306 e. The molecule has 0 aromatic rings. The molecule has 2 unspecified atom stereocenters. The molecule has 6 atom stereocenters. The Bertz CT molecular complexity index is 1300. The smallest absolute Gasteiger partial charge is 0.306 e. The van der Waals surface area contributed by atoms with Gasteiger partial charge in [0.1, 0.15) is 36.8 Å². The molecule has 60 heavy (non-hydrogen) atoms. The maximum atomic E-state index is 12.8. The Hall–Kier alpha value is -2.39. The molecule has 1 fully saturated rings. The van der Waals surface area contributed by atoms with Crippen molar-refractivity contribution in [1.82, 2.24) is 0 Å². The van der Waals surface area contributed by atoms with Crippen LogP contribution < -0.4 is 0 Å². The van der Waals surface area contributed by atoms with Crippen molar-refractivity contribution in [3.8, 4) is 0 Å². The molecule has 1 aliphatic heterocycles. The van der Waals surface area contributed by atoms with Crippen LogP contribution in [0.1, 0.15) is 181 Å². The second-order valence-electron chi connectivity index (χ2n) is 16.1. The number of aliphatic hydroxyl groups is 3. The molecule has 0 aromatic carbocycles. The topological polar surface area (TPSA) is 186 Å². The van der Waals surface area contributed by atoms with Crippen LogP contribution >= 0.6 is 0 Å². The van der Waals surface area contributed by atoms with Gasteiger partial charge in [-0.1, -0.05) is 140 Å². The van der Waals surface area contributed by atoms with Gasteiger partial charge in [-0.2, -0.15) is 8.42 Å². The van der Waals surface area contributed by atoms with Crippen LogP contribution in [0, 0.1) is 0 Å². The van der Waals surface area contributed by atoms with Crippen molar-refractivity contribution >= 4 is 22.1 Å². The Labute approximate surface area is 363 Å². The first-order valence-electron chi connectivity index (χ1n) is 23.2. The average Bonchev–Trinajstić information content (AvgIpc) is 3.21. The lowest BCUT2D eigenvalue weighted by Gasteiger charge is -2.40. The fraction of sp³-hybridized carbons (Fsp3) is 0.787. The van der Waals surface area contributed by atoms with E-state index in [2.05, 4.69) is 62.5 Å². The normalized spacial score (nSPS) is 20.5. The van der Waals surface area contributed by atoms with Crippen molar-refractivity contribution in [2.24, 2.45) is 0 Å². The quantitative estimate of drug-likeness (QED) is 0.0200. The van der Waals surface area contributed by atoms with E-state index in [-0.39, 0.29) is 19.4 Å². The Kier molecular flexibility index (Phi) is 34.5. The Morgan fingerprint density at radius 1 is 0.567 bits per heavy atom. The molecule has 12 nitrogen and oxygen atoms in total. The third-order valence-electron chi connectivity index (χ3n) is 10.4. The summed E-state index contributed by atoms with van der Waals surface area (Å²) in [6.45, 7) is 3.70. The van der Waals surface area contributed by atoms with E-state index in [4.69, 9.17) is 18.9 Å². The fourth-order valence-electron chi connectivity index (χ4n) is 6.74. The van der Waals surface area contributed by atoms with Gasteiger partial charge >= 0.3 is 11.9 Å². The van der Waals surface area contributed by atoms with Crippen molar-refractivity contribution in [2.45, 2.75) is 218 Å². The highest BCUT2D eigenvalue weighted by Crippen LogP contribution is 2.24. The number of rotatable bonds is 38. The fourth-order valence-corrected chi connectivity index (χ4v) is 7.43. The van der Waals surface area contributed by atoms with Crippen molar-refractivity contribution in [3.05, 3.63) is 48.6 Å². The summed E-state index contributed by atoms with van der Waals surface area (Å²) in [6.07, 6.45) is 34.3. The molecule has 4 N–H and O–H groups in total. The summed E-state index contributed by atoms with van der Waals surface area (Å²) in [5.41, 5.74) is 0. The molecule has 0 amide bonds. The van der Waals surface area contributed by atoms with E-state index in [1.807, 2.05) is 0 Å². The molecule has 0 spiro atoms. The van der Waals surface area contributed by atoms with Crippen LogP contribution in [0.3, 0.4) is 0 Å². The maximum absolute atomic E-state index is 12.8. The van der Waals surface area contributed by atoms with Crippen LogP contribution in [0.4, 0.5) is 0 Å². The Morgan fingerprint density at radius 3 is 1.53 bits per heavy atom. The third-order valence-corrected chi connectivity index (χ3v) is 11.1. The molecule has 348 valence electrons.